The van der Waals surface area contributed by atoms with Gasteiger partial charge in [0.25, 0.3) is 21.8 Å². The van der Waals surface area contributed by atoms with Crippen molar-refractivity contribution in [3.63, 3.8) is 0 Å². The van der Waals surface area contributed by atoms with Crippen molar-refractivity contribution >= 4 is 21.8 Å². The summed E-state index contributed by atoms with van der Waals surface area (Å²) in [6, 6.07) is 9.45. The second-order valence-corrected chi connectivity index (χ2v) is 8.11. The Morgan fingerprint density at radius 2 is 1.78 bits per heavy atom. The summed E-state index contributed by atoms with van der Waals surface area (Å²) < 4.78 is 26.7. The predicted molar refractivity (Wildman–Crippen MR) is 97.3 cm³/mol. The average molecular weight is 389 g/mol. The number of sulfonamides is 1. The number of aryl methyl sites for hydroxylation is 1. The Bertz CT molecular complexity index is 998. The molecule has 0 bridgehead atoms. The molecule has 0 spiro atoms. The third-order valence-corrected chi connectivity index (χ3v) is 5.56. The van der Waals surface area contributed by atoms with Crippen LogP contribution >= 0.6 is 0 Å². The van der Waals surface area contributed by atoms with Gasteiger partial charge in [-0.2, -0.15) is 0 Å². The molecule has 1 fully saturated rings. The third-order valence-electron chi connectivity index (χ3n) is 4.21. The van der Waals surface area contributed by atoms with Crippen molar-refractivity contribution in [2.45, 2.75) is 30.7 Å². The monoisotopic (exact) mass is 389 g/mol. The van der Waals surface area contributed by atoms with Crippen LogP contribution in [0.4, 0.5) is 0 Å². The van der Waals surface area contributed by atoms with Gasteiger partial charge in [0.1, 0.15) is 5.75 Å². The van der Waals surface area contributed by atoms with Crippen molar-refractivity contribution < 1.29 is 23.1 Å². The molecule has 3 rings (SSSR count). The van der Waals surface area contributed by atoms with Crippen molar-refractivity contribution in [3.8, 4) is 5.75 Å². The Labute approximate surface area is 156 Å². The largest absolute Gasteiger partial charge is 0.507 e. The first-order valence-corrected chi connectivity index (χ1v) is 9.72. The van der Waals surface area contributed by atoms with Crippen LogP contribution in [0, 0.1) is 6.92 Å². The number of nitrogens with zero attached hydrogens (tertiary/aromatic N) is 1. The van der Waals surface area contributed by atoms with Gasteiger partial charge in [-0.05, 0) is 56.2 Å². The maximum atomic E-state index is 12.4. The highest BCUT2D eigenvalue weighted by atomic mass is 32.2. The van der Waals surface area contributed by atoms with Gasteiger partial charge in [0.15, 0.2) is 0 Å². The molecule has 9 heteroatoms. The van der Waals surface area contributed by atoms with Crippen LogP contribution in [0.5, 0.6) is 5.75 Å². The van der Waals surface area contributed by atoms with Crippen molar-refractivity contribution in [1.82, 2.24) is 9.73 Å². The van der Waals surface area contributed by atoms with Gasteiger partial charge < -0.3 is 5.11 Å². The molecule has 2 amide bonds. The molecule has 1 saturated carbocycles. The highest BCUT2D eigenvalue weighted by molar-refractivity contribution is 7.90. The normalized spacial score (nSPS) is 13.9. The van der Waals surface area contributed by atoms with Gasteiger partial charge in [0.2, 0.25) is 0 Å². The zero-order valence-electron chi connectivity index (χ0n) is 14.5. The molecule has 0 heterocycles. The van der Waals surface area contributed by atoms with E-state index >= 15 is 0 Å². The summed E-state index contributed by atoms with van der Waals surface area (Å²) in [5, 5.41) is 10.9. The van der Waals surface area contributed by atoms with Gasteiger partial charge in [-0.1, -0.05) is 11.6 Å². The number of hydrazine groups is 1. The van der Waals surface area contributed by atoms with E-state index in [0.717, 1.165) is 17.9 Å². The molecule has 1 aliphatic rings. The number of amides is 2. The number of carbonyl (C=O) groups excluding carboxylic acids is 2. The van der Waals surface area contributed by atoms with E-state index < -0.39 is 21.8 Å². The van der Waals surface area contributed by atoms with E-state index in [4.69, 9.17) is 5.84 Å². The summed E-state index contributed by atoms with van der Waals surface area (Å²) >= 11 is 0. The van der Waals surface area contributed by atoms with Crippen LogP contribution in [0.2, 0.25) is 0 Å². The minimum Gasteiger partial charge on any atom is -0.507 e. The van der Waals surface area contributed by atoms with Crippen LogP contribution in [0.1, 0.15) is 39.1 Å². The van der Waals surface area contributed by atoms with E-state index in [9.17, 15) is 23.1 Å². The molecule has 0 aliphatic heterocycles. The lowest BCUT2D eigenvalue weighted by Gasteiger charge is -2.15. The van der Waals surface area contributed by atoms with Gasteiger partial charge in [0, 0.05) is 11.6 Å². The highest BCUT2D eigenvalue weighted by Gasteiger charge is 2.31. The minimum atomic E-state index is -4.17. The minimum absolute atomic E-state index is 0.0298. The second kappa shape index (κ2) is 7.01. The first kappa shape index (κ1) is 18.9. The first-order chi connectivity index (χ1) is 12.7. The van der Waals surface area contributed by atoms with E-state index in [1.807, 2.05) is 4.72 Å². The predicted octanol–water partition coefficient (Wildman–Crippen LogP) is 1.30. The molecule has 8 nitrogen and oxygen atoms in total. The molecule has 2 aromatic carbocycles. The maximum absolute atomic E-state index is 12.4. The molecule has 4 N–H and O–H groups in total. The van der Waals surface area contributed by atoms with Gasteiger partial charge in [0.05, 0.1) is 10.5 Å². The zero-order chi connectivity index (χ0) is 19.8. The number of hydrogen-bond acceptors (Lipinski definition) is 6. The van der Waals surface area contributed by atoms with Crippen molar-refractivity contribution in [2.24, 2.45) is 5.84 Å². The molecule has 142 valence electrons. The molecule has 0 unspecified atom stereocenters. The first-order valence-electron chi connectivity index (χ1n) is 8.24. The second-order valence-electron chi connectivity index (χ2n) is 6.42. The SMILES string of the molecule is Cc1ccc(O)c(C(=O)NS(=O)(=O)c2ccc(C(=O)N(N)C3CC3)cc2)c1. The molecular formula is C18H19N3O5S. The van der Waals surface area contributed by atoms with Gasteiger partial charge in [-0.25, -0.2) is 19.0 Å². The quantitative estimate of drug-likeness (QED) is 0.401. The lowest BCUT2D eigenvalue weighted by molar-refractivity contribution is 0.0742. The lowest BCUT2D eigenvalue weighted by Crippen LogP contribution is -2.39. The van der Waals surface area contributed by atoms with Crippen LogP contribution in [0.15, 0.2) is 47.4 Å². The van der Waals surface area contributed by atoms with Gasteiger partial charge in [-0.15, -0.1) is 0 Å². The molecule has 0 aromatic heterocycles. The maximum Gasteiger partial charge on any atom is 0.268 e. The van der Waals surface area contributed by atoms with Crippen LogP contribution < -0.4 is 10.6 Å². The van der Waals surface area contributed by atoms with Gasteiger partial charge >= 0.3 is 0 Å². The molecule has 27 heavy (non-hydrogen) atoms. The van der Waals surface area contributed by atoms with Crippen LogP contribution in [-0.2, 0) is 10.0 Å². The fourth-order valence-corrected chi connectivity index (χ4v) is 3.48. The summed E-state index contributed by atoms with van der Waals surface area (Å²) in [6.45, 7) is 1.71. The highest BCUT2D eigenvalue weighted by Crippen LogP contribution is 2.25. The Morgan fingerprint density at radius 1 is 1.15 bits per heavy atom. The molecule has 2 aromatic rings. The number of nitrogens with two attached hydrogens (primary N) is 1. The third kappa shape index (κ3) is 4.09. The topological polar surface area (TPSA) is 130 Å². The van der Waals surface area contributed by atoms with Crippen LogP contribution in [0.3, 0.4) is 0 Å². The van der Waals surface area contributed by atoms with Crippen LogP contribution in [-0.4, -0.2) is 36.4 Å². The zero-order valence-corrected chi connectivity index (χ0v) is 15.4. The van der Waals surface area contributed by atoms with Crippen molar-refractivity contribution in [3.05, 3.63) is 59.2 Å². The van der Waals surface area contributed by atoms with E-state index in [-0.39, 0.29) is 27.8 Å². The molecule has 1 aliphatic carbocycles. The number of phenolic OH excluding ortho intramolecular Hbond substituents is 1. The number of carbonyl (C=O) groups is 2. The molecule has 0 saturated heterocycles. The number of nitrogens with one attached hydrogen (secondary N) is 1. The van der Waals surface area contributed by atoms with E-state index in [1.165, 1.54) is 36.4 Å². The number of aromatic hydroxyl groups is 1. The fourth-order valence-electron chi connectivity index (χ4n) is 2.51. The summed E-state index contributed by atoms with van der Waals surface area (Å²) in [5.74, 6) is 4.06. The Hall–Kier alpha value is -2.91. The molecular weight excluding hydrogens is 370 g/mol. The van der Waals surface area contributed by atoms with E-state index in [0.29, 0.717) is 5.56 Å². The fraction of sp³-hybridized carbons (Fsp3) is 0.222. The summed E-state index contributed by atoms with van der Waals surface area (Å²) in [5.41, 5.74) is 0.805. The number of benzene rings is 2. The summed E-state index contributed by atoms with van der Waals surface area (Å²) in [6.07, 6.45) is 1.71. The smallest absolute Gasteiger partial charge is 0.268 e. The lowest BCUT2D eigenvalue weighted by atomic mass is 10.1. The van der Waals surface area contributed by atoms with Gasteiger partial charge in [-0.3, -0.25) is 14.6 Å². The summed E-state index contributed by atoms with van der Waals surface area (Å²) in [4.78, 5) is 24.2. The van der Waals surface area contributed by atoms with E-state index in [2.05, 4.69) is 0 Å². The van der Waals surface area contributed by atoms with Crippen molar-refractivity contribution in [2.75, 3.05) is 0 Å². The molecule has 0 atom stereocenters. The standard InChI is InChI=1S/C18H19N3O5S/c1-11-2-9-16(22)15(10-11)17(23)20-27(25,26)14-7-3-12(4-8-14)18(24)21(19)13-5-6-13/h2-4,7-10,13,22H,5-6,19H2,1H3,(H,20,23). The Morgan fingerprint density at radius 3 is 2.37 bits per heavy atom. The number of hydrogen-bond donors (Lipinski definition) is 3. The molecule has 0 radical (unpaired) electrons. The summed E-state index contributed by atoms with van der Waals surface area (Å²) in [7, 11) is -4.17. The van der Waals surface area contributed by atoms with Crippen molar-refractivity contribution in [1.29, 1.82) is 0 Å². The van der Waals surface area contributed by atoms with E-state index in [1.54, 1.807) is 13.0 Å². The Kier molecular flexibility index (Phi) is 4.90. The number of rotatable bonds is 5. The number of phenols is 1. The Balaban J connectivity index is 1.77. The average Bonchev–Trinajstić information content (AvgIpc) is 3.47. The van der Waals surface area contributed by atoms with Crippen LogP contribution in [0.25, 0.3) is 0 Å².